The molecule has 1 aromatic heterocycles. The third-order valence-electron chi connectivity index (χ3n) is 5.32. The number of nitrogens with two attached hydrogens (primary N) is 2. The minimum absolute atomic E-state index is 0. The molecule has 0 bridgehead atoms. The van der Waals surface area contributed by atoms with Crippen molar-refractivity contribution in [3.63, 3.8) is 0 Å². The normalized spacial score (nSPS) is 10.4. The molecule has 0 saturated carbocycles. The first-order valence-electron chi connectivity index (χ1n) is 10.2. The van der Waals surface area contributed by atoms with Gasteiger partial charge in [-0.2, -0.15) is 5.26 Å². The van der Waals surface area contributed by atoms with Crippen molar-refractivity contribution in [1.29, 1.82) is 10.7 Å². The summed E-state index contributed by atoms with van der Waals surface area (Å²) in [5.74, 6) is 0.0193. The summed E-state index contributed by atoms with van der Waals surface area (Å²) in [5, 5.41) is 41.1. The topological polar surface area (TPSA) is 198 Å². The van der Waals surface area contributed by atoms with Crippen LogP contribution < -0.4 is 16.8 Å². The summed E-state index contributed by atoms with van der Waals surface area (Å²) in [7, 11) is 0. The van der Waals surface area contributed by atoms with E-state index in [0.29, 0.717) is 50.2 Å². The molecule has 11 heteroatoms. The summed E-state index contributed by atoms with van der Waals surface area (Å²) in [6.45, 7) is 0.135. The molecule has 2 amide bonds. The second kappa shape index (κ2) is 10.0. The molecule has 0 aliphatic heterocycles. The van der Waals surface area contributed by atoms with Gasteiger partial charge in [0.15, 0.2) is 0 Å². The molecule has 178 valence electrons. The average Bonchev–Trinajstić information content (AvgIpc) is 3.23. The molecule has 0 unspecified atom stereocenters. The van der Waals surface area contributed by atoms with E-state index in [4.69, 9.17) is 16.9 Å². The molecule has 4 aromatic rings. The second-order valence-electron chi connectivity index (χ2n) is 7.67. The number of carbonyl (C=O) groups is 1. The number of imidazole rings is 1. The van der Waals surface area contributed by atoms with Crippen molar-refractivity contribution >= 4 is 35.3 Å². The van der Waals surface area contributed by atoms with Gasteiger partial charge in [0.05, 0.1) is 29.1 Å². The fourth-order valence-electron chi connectivity index (χ4n) is 3.67. The quantitative estimate of drug-likeness (QED) is 0.159. The van der Waals surface area contributed by atoms with E-state index < -0.39 is 6.03 Å². The van der Waals surface area contributed by atoms with E-state index >= 15 is 0 Å². The van der Waals surface area contributed by atoms with Gasteiger partial charge in [0.2, 0.25) is 0 Å². The first-order chi connectivity index (χ1) is 16.3. The van der Waals surface area contributed by atoms with Gasteiger partial charge in [-0.25, -0.2) is 9.78 Å². The van der Waals surface area contributed by atoms with Crippen molar-refractivity contribution in [3.8, 4) is 40.1 Å². The van der Waals surface area contributed by atoms with Crippen LogP contribution in [0.2, 0.25) is 0 Å². The number of nitrogens with zero attached hydrogens (tertiary/aromatic N) is 2. The van der Waals surface area contributed by atoms with Gasteiger partial charge >= 0.3 is 6.03 Å². The Morgan fingerprint density at radius 3 is 2.46 bits per heavy atom. The summed E-state index contributed by atoms with van der Waals surface area (Å²) in [6.07, 6.45) is 0.0681. The Balaban J connectivity index is 0.00000342. The van der Waals surface area contributed by atoms with Crippen LogP contribution in [0.15, 0.2) is 48.5 Å². The van der Waals surface area contributed by atoms with Crippen LogP contribution in [0, 0.1) is 16.7 Å². The molecule has 3 aromatic carbocycles. The van der Waals surface area contributed by atoms with Crippen LogP contribution in [0.5, 0.6) is 11.5 Å². The molecule has 35 heavy (non-hydrogen) atoms. The number of amidine groups is 1. The van der Waals surface area contributed by atoms with E-state index in [1.807, 2.05) is 0 Å². The minimum Gasteiger partial charge on any atom is -0.507 e. The number of aromatic nitrogens is 2. The molecule has 10 nitrogen and oxygen atoms in total. The monoisotopic (exact) mass is 491 g/mol. The Labute approximate surface area is 206 Å². The largest absolute Gasteiger partial charge is 0.507 e. The van der Waals surface area contributed by atoms with Gasteiger partial charge in [-0.3, -0.25) is 5.41 Å². The van der Waals surface area contributed by atoms with Crippen molar-refractivity contribution in [2.45, 2.75) is 13.0 Å². The average molecular weight is 492 g/mol. The number of hydrogen-bond donors (Lipinski definition) is 7. The fourth-order valence-corrected chi connectivity index (χ4v) is 3.67. The number of nitriles is 1. The number of halogens is 1. The summed E-state index contributed by atoms with van der Waals surface area (Å²) in [4.78, 5) is 18.7. The summed E-state index contributed by atoms with van der Waals surface area (Å²) < 4.78 is 0. The SMILES string of the molecule is Cl.N#CCc1cc(-c2nc3cc(C(=N)N)ccc3[nH]2)c(O)c(-c2cc(CNC(N)=O)ccc2O)c1. The summed E-state index contributed by atoms with van der Waals surface area (Å²) in [5.41, 5.74) is 14.7. The van der Waals surface area contributed by atoms with Gasteiger partial charge in [-0.1, -0.05) is 6.07 Å². The van der Waals surface area contributed by atoms with Crippen LogP contribution in [0.3, 0.4) is 0 Å². The van der Waals surface area contributed by atoms with Crippen LogP contribution in [0.25, 0.3) is 33.5 Å². The van der Waals surface area contributed by atoms with Crippen molar-refractivity contribution in [2.75, 3.05) is 0 Å². The first-order valence-corrected chi connectivity index (χ1v) is 10.2. The van der Waals surface area contributed by atoms with Crippen LogP contribution in [0.4, 0.5) is 4.79 Å². The standard InChI is InChI=1S/C24H21N7O3.ClH/c25-6-5-12-7-16(15-9-13(1-4-20(15)32)11-29-24(28)34)21(33)17(8-12)23-30-18-3-2-14(22(26)27)10-19(18)31-23;/h1-4,7-10,32-33H,5,11H2,(H3,26,27)(H,30,31)(H3,28,29,34);1H. The van der Waals surface area contributed by atoms with E-state index in [1.54, 1.807) is 42.5 Å². The highest BCUT2D eigenvalue weighted by molar-refractivity contribution is 5.98. The third-order valence-corrected chi connectivity index (χ3v) is 5.32. The number of aromatic amines is 1. The van der Waals surface area contributed by atoms with Gasteiger partial charge in [-0.05, 0) is 53.6 Å². The Kier molecular flexibility index (Phi) is 7.13. The van der Waals surface area contributed by atoms with Gasteiger partial charge in [0.25, 0.3) is 0 Å². The van der Waals surface area contributed by atoms with Crippen molar-refractivity contribution < 1.29 is 15.0 Å². The summed E-state index contributed by atoms with van der Waals surface area (Å²) in [6, 6.07) is 14.5. The zero-order chi connectivity index (χ0) is 24.4. The molecule has 1 heterocycles. The zero-order valence-corrected chi connectivity index (χ0v) is 19.1. The predicted octanol–water partition coefficient (Wildman–Crippen LogP) is 3.25. The molecule has 0 aliphatic carbocycles. The number of phenols is 2. The molecule has 0 saturated heterocycles. The van der Waals surface area contributed by atoms with Gasteiger partial charge in [-0.15, -0.1) is 12.4 Å². The molecule has 0 atom stereocenters. The molecule has 4 rings (SSSR count). The number of urea groups is 1. The minimum atomic E-state index is -0.686. The van der Waals surface area contributed by atoms with E-state index in [0.717, 1.165) is 0 Å². The maximum absolute atomic E-state index is 11.2. The molecule has 0 spiro atoms. The Bertz CT molecular complexity index is 1490. The number of aromatic hydroxyl groups is 2. The van der Waals surface area contributed by atoms with Crippen molar-refractivity contribution in [2.24, 2.45) is 11.5 Å². The Hall–Kier alpha value is -4.75. The summed E-state index contributed by atoms with van der Waals surface area (Å²) >= 11 is 0. The third kappa shape index (κ3) is 5.10. The maximum atomic E-state index is 11.2. The van der Waals surface area contributed by atoms with Gasteiger partial charge in [0, 0.05) is 23.2 Å². The lowest BCUT2D eigenvalue weighted by molar-refractivity contribution is 0.248. The lowest BCUT2D eigenvalue weighted by atomic mass is 9.95. The zero-order valence-electron chi connectivity index (χ0n) is 18.3. The van der Waals surface area contributed by atoms with E-state index in [-0.39, 0.29) is 42.7 Å². The number of phenolic OH excluding ortho intramolecular Hbond substituents is 2. The Morgan fingerprint density at radius 1 is 1.06 bits per heavy atom. The number of H-pyrrole nitrogens is 1. The highest BCUT2D eigenvalue weighted by Crippen LogP contribution is 2.42. The number of rotatable bonds is 6. The number of hydrogen-bond acceptors (Lipinski definition) is 6. The maximum Gasteiger partial charge on any atom is 0.312 e. The van der Waals surface area contributed by atoms with Crippen LogP contribution in [0.1, 0.15) is 16.7 Å². The molecular formula is C24H22ClN7O3. The molecule has 9 N–H and O–H groups in total. The second-order valence-corrected chi connectivity index (χ2v) is 7.67. The number of primary amides is 1. The molecule has 0 radical (unpaired) electrons. The predicted molar refractivity (Wildman–Crippen MR) is 134 cm³/mol. The van der Waals surface area contributed by atoms with E-state index in [2.05, 4.69) is 21.4 Å². The van der Waals surface area contributed by atoms with Gasteiger partial charge < -0.3 is 32.0 Å². The van der Waals surface area contributed by atoms with Crippen LogP contribution in [-0.4, -0.2) is 32.0 Å². The van der Waals surface area contributed by atoms with Gasteiger partial charge in [0.1, 0.15) is 23.2 Å². The number of nitrogen functional groups attached to an aromatic ring is 1. The first kappa shape index (κ1) is 24.9. The number of amides is 2. The number of carbonyl (C=O) groups excluding carboxylic acids is 1. The van der Waals surface area contributed by atoms with Crippen molar-refractivity contribution in [1.82, 2.24) is 15.3 Å². The Morgan fingerprint density at radius 2 is 1.77 bits per heavy atom. The van der Waals surface area contributed by atoms with E-state index in [9.17, 15) is 20.3 Å². The molecule has 0 aliphatic rings. The van der Waals surface area contributed by atoms with Crippen molar-refractivity contribution in [3.05, 3.63) is 65.2 Å². The fraction of sp³-hybridized carbons (Fsp3) is 0.0833. The smallest absolute Gasteiger partial charge is 0.312 e. The number of benzene rings is 3. The lowest BCUT2D eigenvalue weighted by Gasteiger charge is -2.14. The lowest BCUT2D eigenvalue weighted by Crippen LogP contribution is -2.28. The highest BCUT2D eigenvalue weighted by Gasteiger charge is 2.19. The van der Waals surface area contributed by atoms with Crippen LogP contribution in [-0.2, 0) is 13.0 Å². The highest BCUT2D eigenvalue weighted by atomic mass is 35.5. The number of nitrogens with one attached hydrogen (secondary N) is 3. The van der Waals surface area contributed by atoms with E-state index in [1.165, 1.54) is 6.07 Å². The molecule has 0 fully saturated rings. The molecular weight excluding hydrogens is 470 g/mol. The number of fused-ring (bicyclic) bond motifs is 1. The van der Waals surface area contributed by atoms with Crippen LogP contribution >= 0.6 is 12.4 Å².